The van der Waals surface area contributed by atoms with E-state index in [0.717, 1.165) is 31.6 Å². The zero-order chi connectivity index (χ0) is 21.8. The lowest BCUT2D eigenvalue weighted by Crippen LogP contribution is -2.27. The number of rotatable bonds is 8. The molecule has 32 heavy (non-hydrogen) atoms. The third-order valence-corrected chi connectivity index (χ3v) is 5.29. The quantitative estimate of drug-likeness (QED) is 0.411. The van der Waals surface area contributed by atoms with E-state index in [1.807, 2.05) is 39.8 Å². The maximum absolute atomic E-state index is 11.8. The van der Waals surface area contributed by atoms with E-state index in [2.05, 4.69) is 35.6 Å². The van der Waals surface area contributed by atoms with Crippen LogP contribution in [0.15, 0.2) is 55.1 Å². The van der Waals surface area contributed by atoms with Crippen LogP contribution >= 0.6 is 0 Å². The number of aromatic nitrogens is 6. The lowest BCUT2D eigenvalue weighted by Gasteiger charge is -2.15. The van der Waals surface area contributed by atoms with E-state index in [4.69, 9.17) is 0 Å². The van der Waals surface area contributed by atoms with Gasteiger partial charge in [-0.05, 0) is 31.0 Å². The van der Waals surface area contributed by atoms with Crippen LogP contribution in [0.25, 0.3) is 16.9 Å². The second-order valence-electron chi connectivity index (χ2n) is 7.48. The Morgan fingerprint density at radius 3 is 2.59 bits per heavy atom. The Morgan fingerprint density at radius 1 is 0.969 bits per heavy atom. The molecule has 1 amide bonds. The molecule has 10 heteroatoms. The fourth-order valence-electron chi connectivity index (χ4n) is 3.74. The van der Waals surface area contributed by atoms with Gasteiger partial charge in [0.15, 0.2) is 17.0 Å². The van der Waals surface area contributed by atoms with Crippen LogP contribution in [-0.4, -0.2) is 59.9 Å². The number of imidazole rings is 1. The highest BCUT2D eigenvalue weighted by Crippen LogP contribution is 2.24. The van der Waals surface area contributed by atoms with Crippen molar-refractivity contribution < 1.29 is 4.79 Å². The van der Waals surface area contributed by atoms with Crippen LogP contribution in [0.4, 0.5) is 17.7 Å². The first-order valence-corrected chi connectivity index (χ1v) is 10.6. The number of nitrogens with zero attached hydrogens (tertiary/aromatic N) is 7. The Labute approximate surface area is 184 Å². The molecule has 0 atom stereocenters. The largest absolute Gasteiger partial charge is 0.368 e. The van der Waals surface area contributed by atoms with E-state index in [9.17, 15) is 4.79 Å². The topological polar surface area (TPSA) is 114 Å². The number of nitrogens with one attached hydrogen (secondary N) is 2. The summed E-state index contributed by atoms with van der Waals surface area (Å²) in [5, 5.41) is 6.44. The first-order chi connectivity index (χ1) is 15.8. The third-order valence-electron chi connectivity index (χ3n) is 5.29. The van der Waals surface area contributed by atoms with E-state index in [1.165, 1.54) is 0 Å². The van der Waals surface area contributed by atoms with Crippen molar-refractivity contribution in [3.8, 4) is 5.69 Å². The summed E-state index contributed by atoms with van der Waals surface area (Å²) in [5.41, 5.74) is 2.29. The fraction of sp³-hybridized carbons (Fsp3) is 0.273. The van der Waals surface area contributed by atoms with Crippen molar-refractivity contribution in [2.24, 2.45) is 0 Å². The molecule has 1 aliphatic rings. The monoisotopic (exact) mass is 429 g/mol. The van der Waals surface area contributed by atoms with Crippen molar-refractivity contribution in [1.82, 2.24) is 34.4 Å². The van der Waals surface area contributed by atoms with Gasteiger partial charge >= 0.3 is 0 Å². The fourth-order valence-corrected chi connectivity index (χ4v) is 3.74. The second-order valence-corrected chi connectivity index (χ2v) is 7.48. The number of fused-ring (bicyclic) bond motifs is 1. The molecule has 1 aliphatic heterocycles. The van der Waals surface area contributed by atoms with Crippen LogP contribution in [0, 0.1) is 0 Å². The molecule has 4 heterocycles. The minimum Gasteiger partial charge on any atom is -0.368 e. The molecule has 0 aliphatic carbocycles. The Balaban J connectivity index is 1.42. The van der Waals surface area contributed by atoms with Gasteiger partial charge in [0.05, 0.1) is 0 Å². The number of para-hydroxylation sites is 1. The number of hydrogen-bond donors (Lipinski definition) is 2. The predicted octanol–water partition coefficient (Wildman–Crippen LogP) is 2.77. The summed E-state index contributed by atoms with van der Waals surface area (Å²) >= 11 is 0. The lowest BCUT2D eigenvalue weighted by molar-refractivity contribution is -0.127. The van der Waals surface area contributed by atoms with Gasteiger partial charge in [0.25, 0.3) is 0 Å². The molecule has 10 nitrogen and oxygen atoms in total. The molecular formula is C22H23N9O. The summed E-state index contributed by atoms with van der Waals surface area (Å²) in [7, 11) is 0. The zero-order valence-electron chi connectivity index (χ0n) is 17.5. The molecule has 0 unspecified atom stereocenters. The van der Waals surface area contributed by atoms with Gasteiger partial charge in [-0.3, -0.25) is 14.7 Å². The molecule has 4 aromatic rings. The maximum Gasteiger partial charge on any atom is 0.233 e. The summed E-state index contributed by atoms with van der Waals surface area (Å²) in [4.78, 5) is 36.0. The molecule has 0 radical (unpaired) electrons. The van der Waals surface area contributed by atoms with Crippen LogP contribution in [-0.2, 0) is 4.79 Å². The average Bonchev–Trinajstić information content (AvgIpc) is 3.44. The summed E-state index contributed by atoms with van der Waals surface area (Å²) < 4.78 is 1.92. The zero-order valence-corrected chi connectivity index (χ0v) is 17.5. The maximum atomic E-state index is 11.8. The smallest absolute Gasteiger partial charge is 0.233 e. The number of likely N-dealkylation sites (tertiary alicyclic amines) is 1. The number of anilines is 3. The highest BCUT2D eigenvalue weighted by molar-refractivity contribution is 5.85. The first-order valence-electron chi connectivity index (χ1n) is 10.6. The molecule has 5 rings (SSSR count). The molecule has 0 bridgehead atoms. The number of hydrogen-bond acceptors (Lipinski definition) is 8. The van der Waals surface area contributed by atoms with Gasteiger partial charge in [-0.1, -0.05) is 18.2 Å². The lowest BCUT2D eigenvalue weighted by atomic mass is 10.3. The van der Waals surface area contributed by atoms with E-state index in [-0.39, 0.29) is 5.91 Å². The first kappa shape index (κ1) is 19.9. The van der Waals surface area contributed by atoms with E-state index in [0.29, 0.717) is 41.8 Å². The Morgan fingerprint density at radius 2 is 1.81 bits per heavy atom. The number of carbonyl (C=O) groups is 1. The summed E-state index contributed by atoms with van der Waals surface area (Å²) in [6, 6.07) is 11.6. The molecule has 162 valence electrons. The molecule has 0 spiro atoms. The summed E-state index contributed by atoms with van der Waals surface area (Å²) in [6.45, 7) is 2.25. The number of benzene rings is 1. The van der Waals surface area contributed by atoms with Gasteiger partial charge in [0.2, 0.25) is 17.8 Å². The molecule has 3 aromatic heterocycles. The van der Waals surface area contributed by atoms with Gasteiger partial charge < -0.3 is 10.2 Å². The Hall–Kier alpha value is -4.08. The number of amides is 1. The van der Waals surface area contributed by atoms with Crippen LogP contribution in [0.1, 0.15) is 19.3 Å². The average molecular weight is 429 g/mol. The Kier molecular flexibility index (Phi) is 5.56. The third kappa shape index (κ3) is 4.20. The van der Waals surface area contributed by atoms with Crippen molar-refractivity contribution >= 4 is 34.8 Å². The van der Waals surface area contributed by atoms with Gasteiger partial charge in [-0.2, -0.15) is 9.97 Å². The van der Waals surface area contributed by atoms with Crippen LogP contribution in [0.3, 0.4) is 0 Å². The van der Waals surface area contributed by atoms with Gasteiger partial charge in [-0.15, -0.1) is 0 Å². The van der Waals surface area contributed by atoms with Crippen molar-refractivity contribution in [3.05, 3.63) is 55.1 Å². The summed E-state index contributed by atoms with van der Waals surface area (Å²) in [6.07, 6.45) is 7.48. The highest BCUT2D eigenvalue weighted by Gasteiger charge is 2.19. The van der Waals surface area contributed by atoms with E-state index in [1.54, 1.807) is 24.8 Å². The van der Waals surface area contributed by atoms with Crippen molar-refractivity contribution in [1.29, 1.82) is 0 Å². The molecular weight excluding hydrogens is 406 g/mol. The normalized spacial score (nSPS) is 13.6. The van der Waals surface area contributed by atoms with Crippen LogP contribution in [0.2, 0.25) is 0 Å². The van der Waals surface area contributed by atoms with Gasteiger partial charge in [0, 0.05) is 44.1 Å². The molecule has 2 N–H and O–H groups in total. The minimum absolute atomic E-state index is 0.241. The van der Waals surface area contributed by atoms with E-state index >= 15 is 0 Å². The standard InChI is InChI=1S/C22H23N9O/c32-17-9-4-13-30(17)14-6-12-23-19-18-20(31(15-26-18)16-7-2-1-3-8-16)28-22(27-19)29-21-24-10-5-11-25-21/h1-3,5,7-8,10-11,15H,4,6,9,12-14H2,(H2,23,24,25,27,28,29). The van der Waals surface area contributed by atoms with Crippen LogP contribution in [0.5, 0.6) is 0 Å². The van der Waals surface area contributed by atoms with Crippen molar-refractivity contribution in [2.75, 3.05) is 30.3 Å². The highest BCUT2D eigenvalue weighted by atomic mass is 16.2. The van der Waals surface area contributed by atoms with Crippen molar-refractivity contribution in [3.63, 3.8) is 0 Å². The summed E-state index contributed by atoms with van der Waals surface area (Å²) in [5.74, 6) is 1.65. The van der Waals surface area contributed by atoms with Crippen molar-refractivity contribution in [2.45, 2.75) is 19.3 Å². The second kappa shape index (κ2) is 8.96. The van der Waals surface area contributed by atoms with Gasteiger partial charge in [-0.25, -0.2) is 15.0 Å². The minimum atomic E-state index is 0.241. The molecule has 1 fully saturated rings. The Bertz CT molecular complexity index is 1210. The predicted molar refractivity (Wildman–Crippen MR) is 121 cm³/mol. The molecule has 1 saturated heterocycles. The molecule has 1 aromatic carbocycles. The molecule has 0 saturated carbocycles. The van der Waals surface area contributed by atoms with Crippen LogP contribution < -0.4 is 10.6 Å². The number of carbonyl (C=O) groups excluding carboxylic acids is 1. The van der Waals surface area contributed by atoms with E-state index < -0.39 is 0 Å². The SMILES string of the molecule is O=C1CCCN1CCCNc1nc(Nc2ncccn2)nc2c1ncn2-c1ccccc1. The van der Waals surface area contributed by atoms with Gasteiger partial charge in [0.1, 0.15) is 6.33 Å².